The molecule has 5 rings (SSSR count). The molecular formula is C22H16F4N6. The van der Waals surface area contributed by atoms with Crippen molar-refractivity contribution in [2.24, 2.45) is 15.7 Å². The van der Waals surface area contributed by atoms with Crippen molar-refractivity contribution in [2.45, 2.75) is 11.5 Å². The van der Waals surface area contributed by atoms with E-state index >= 15 is 0 Å². The molecule has 0 spiro atoms. The number of nitrogens with two attached hydrogens (primary N) is 1. The zero-order valence-electron chi connectivity index (χ0n) is 16.5. The summed E-state index contributed by atoms with van der Waals surface area (Å²) in [6, 6.07) is 10.3. The molecule has 10 heteroatoms. The Morgan fingerprint density at radius 1 is 0.938 bits per heavy atom. The number of aliphatic imine (C=N–C) groups is 2. The van der Waals surface area contributed by atoms with Crippen LogP contribution in [0.2, 0.25) is 0 Å². The minimum absolute atomic E-state index is 0.0411. The van der Waals surface area contributed by atoms with Gasteiger partial charge in [-0.25, -0.2) is 23.1 Å². The van der Waals surface area contributed by atoms with Gasteiger partial charge in [-0.05, 0) is 47.5 Å². The number of guanidine groups is 1. The molecule has 0 radical (unpaired) electrons. The van der Waals surface area contributed by atoms with Crippen molar-refractivity contribution >= 4 is 11.8 Å². The highest BCUT2D eigenvalue weighted by molar-refractivity contribution is 6.12. The minimum atomic E-state index is -3.08. The molecule has 1 atom stereocenters. The van der Waals surface area contributed by atoms with Crippen molar-refractivity contribution in [1.82, 2.24) is 14.9 Å². The lowest BCUT2D eigenvalue weighted by Crippen LogP contribution is -2.53. The monoisotopic (exact) mass is 440 g/mol. The first-order valence-electron chi connectivity index (χ1n) is 9.69. The number of aromatic nitrogens is 2. The van der Waals surface area contributed by atoms with Gasteiger partial charge in [0.1, 0.15) is 18.2 Å². The van der Waals surface area contributed by atoms with Crippen molar-refractivity contribution in [1.29, 1.82) is 0 Å². The summed E-state index contributed by atoms with van der Waals surface area (Å²) in [5.74, 6) is -4.54. The Hall–Kier alpha value is -3.82. The third-order valence-electron chi connectivity index (χ3n) is 5.52. The first-order valence-corrected chi connectivity index (χ1v) is 9.69. The molecule has 0 saturated heterocycles. The van der Waals surface area contributed by atoms with Gasteiger partial charge >= 0.3 is 0 Å². The quantitative estimate of drug-likeness (QED) is 0.501. The summed E-state index contributed by atoms with van der Waals surface area (Å²) < 4.78 is 57.3. The number of hydrogen-bond acceptors (Lipinski definition) is 6. The summed E-state index contributed by atoms with van der Waals surface area (Å²) in [5.41, 5.74) is 5.49. The van der Waals surface area contributed by atoms with Crippen molar-refractivity contribution in [3.63, 3.8) is 0 Å². The fourth-order valence-electron chi connectivity index (χ4n) is 4.10. The van der Waals surface area contributed by atoms with E-state index in [0.717, 1.165) is 4.90 Å². The smallest absolute Gasteiger partial charge is 0.284 e. The number of fused-ring (bicyclic) bond motifs is 1. The molecule has 2 aliphatic rings. The summed E-state index contributed by atoms with van der Waals surface area (Å²) in [4.78, 5) is 17.5. The van der Waals surface area contributed by atoms with Crippen LogP contribution in [-0.4, -0.2) is 45.7 Å². The molecule has 0 saturated carbocycles. The summed E-state index contributed by atoms with van der Waals surface area (Å²) in [6.45, 7) is -1.42. The second-order valence-electron chi connectivity index (χ2n) is 7.53. The molecule has 0 amide bonds. The Morgan fingerprint density at radius 3 is 2.47 bits per heavy atom. The molecule has 0 bridgehead atoms. The van der Waals surface area contributed by atoms with Crippen LogP contribution in [0.3, 0.4) is 0 Å². The van der Waals surface area contributed by atoms with Crippen LogP contribution >= 0.6 is 0 Å². The lowest BCUT2D eigenvalue weighted by atomic mass is 9.81. The van der Waals surface area contributed by atoms with Crippen LogP contribution in [0.15, 0.2) is 71.0 Å². The average molecular weight is 440 g/mol. The molecule has 6 nitrogen and oxygen atoms in total. The standard InChI is InChI=1S/C22H16F4N6/c23-17-4-3-14(10-16(17)15-2-1-7-29-18(15)24)22(13-5-8-28-9-6-13)19-30-11-21(25,26)12-32(19)20(27)31-22/h1-10H,11-12H2,(H2,27,31). The van der Waals surface area contributed by atoms with Crippen LogP contribution < -0.4 is 5.73 Å². The van der Waals surface area contributed by atoms with Gasteiger partial charge in [0.05, 0.1) is 6.54 Å². The van der Waals surface area contributed by atoms with Gasteiger partial charge in [0.25, 0.3) is 5.92 Å². The largest absolute Gasteiger partial charge is 0.369 e. The lowest BCUT2D eigenvalue weighted by molar-refractivity contribution is -0.00437. The van der Waals surface area contributed by atoms with Crippen molar-refractivity contribution in [3.8, 4) is 11.1 Å². The van der Waals surface area contributed by atoms with Crippen LogP contribution in [0.1, 0.15) is 11.1 Å². The van der Waals surface area contributed by atoms with Gasteiger partial charge in [0.15, 0.2) is 11.5 Å². The zero-order valence-corrected chi connectivity index (χ0v) is 16.5. The fourth-order valence-corrected chi connectivity index (χ4v) is 4.10. The SMILES string of the molecule is NC1=NC(c2ccncc2)(c2ccc(F)c(-c3cccnc3F)c2)C2=NCC(F)(F)CN12. The summed E-state index contributed by atoms with van der Waals surface area (Å²) in [6.07, 6.45) is 4.30. The molecule has 162 valence electrons. The third-order valence-corrected chi connectivity index (χ3v) is 5.52. The molecule has 1 aromatic carbocycles. The molecule has 32 heavy (non-hydrogen) atoms. The van der Waals surface area contributed by atoms with E-state index in [1.165, 1.54) is 48.9 Å². The number of pyridine rings is 2. The summed E-state index contributed by atoms with van der Waals surface area (Å²) in [5, 5.41) is 0. The van der Waals surface area contributed by atoms with E-state index in [-0.39, 0.29) is 22.9 Å². The van der Waals surface area contributed by atoms with Gasteiger partial charge in [-0.3, -0.25) is 14.9 Å². The second kappa shape index (κ2) is 7.11. The van der Waals surface area contributed by atoms with E-state index in [1.807, 2.05) is 0 Å². The maximum absolute atomic E-state index is 14.8. The molecule has 0 fully saturated rings. The Labute approximate surface area is 180 Å². The highest BCUT2D eigenvalue weighted by Gasteiger charge is 2.53. The van der Waals surface area contributed by atoms with Crippen LogP contribution in [0.4, 0.5) is 17.6 Å². The predicted octanol–water partition coefficient (Wildman–Crippen LogP) is 3.34. The average Bonchev–Trinajstić information content (AvgIpc) is 3.07. The van der Waals surface area contributed by atoms with E-state index in [9.17, 15) is 17.6 Å². The molecule has 2 N–H and O–H groups in total. The van der Waals surface area contributed by atoms with Gasteiger partial charge in [0, 0.05) is 29.7 Å². The maximum Gasteiger partial charge on any atom is 0.284 e. The van der Waals surface area contributed by atoms with E-state index in [0.29, 0.717) is 11.1 Å². The van der Waals surface area contributed by atoms with Crippen molar-refractivity contribution < 1.29 is 17.6 Å². The lowest BCUT2D eigenvalue weighted by Gasteiger charge is -2.35. The molecule has 2 aromatic heterocycles. The van der Waals surface area contributed by atoms with Crippen LogP contribution in [-0.2, 0) is 5.54 Å². The summed E-state index contributed by atoms with van der Waals surface area (Å²) in [7, 11) is 0. The molecule has 1 unspecified atom stereocenters. The van der Waals surface area contributed by atoms with Gasteiger partial charge in [-0.15, -0.1) is 0 Å². The molecular weight excluding hydrogens is 424 g/mol. The maximum atomic E-state index is 14.8. The van der Waals surface area contributed by atoms with Crippen molar-refractivity contribution in [3.05, 3.63) is 83.9 Å². The first-order chi connectivity index (χ1) is 15.3. The fraction of sp³-hybridized carbons (Fsp3) is 0.182. The zero-order chi connectivity index (χ0) is 22.5. The number of alkyl halides is 2. The van der Waals surface area contributed by atoms with Gasteiger partial charge in [0.2, 0.25) is 5.95 Å². The first kappa shape index (κ1) is 20.1. The predicted molar refractivity (Wildman–Crippen MR) is 110 cm³/mol. The molecule has 2 aliphatic heterocycles. The van der Waals surface area contributed by atoms with Crippen molar-refractivity contribution in [2.75, 3.05) is 13.1 Å². The van der Waals surface area contributed by atoms with E-state index in [4.69, 9.17) is 5.73 Å². The Kier molecular flexibility index (Phi) is 4.47. The summed E-state index contributed by atoms with van der Waals surface area (Å²) >= 11 is 0. The highest BCUT2D eigenvalue weighted by atomic mass is 19.3. The number of benzene rings is 1. The number of amidine groups is 1. The normalized spacial score (nSPS) is 21.7. The van der Waals surface area contributed by atoms with Crippen LogP contribution in [0.5, 0.6) is 0 Å². The Morgan fingerprint density at radius 2 is 1.72 bits per heavy atom. The molecule has 0 aliphatic carbocycles. The Bertz CT molecular complexity index is 1260. The number of hydrogen-bond donors (Lipinski definition) is 1. The third kappa shape index (κ3) is 3.02. The van der Waals surface area contributed by atoms with Gasteiger partial charge in [-0.1, -0.05) is 6.07 Å². The highest BCUT2D eigenvalue weighted by Crippen LogP contribution is 2.44. The van der Waals surface area contributed by atoms with Crippen LogP contribution in [0.25, 0.3) is 11.1 Å². The van der Waals surface area contributed by atoms with Gasteiger partial charge < -0.3 is 5.73 Å². The van der Waals surface area contributed by atoms with E-state index in [1.54, 1.807) is 12.1 Å². The topological polar surface area (TPSA) is 79.8 Å². The van der Waals surface area contributed by atoms with E-state index < -0.39 is 36.3 Å². The number of rotatable bonds is 3. The Balaban J connectivity index is 1.77. The molecule has 4 heterocycles. The number of halogens is 4. The van der Waals surface area contributed by atoms with Gasteiger partial charge in [-0.2, -0.15) is 4.39 Å². The van der Waals surface area contributed by atoms with Crippen LogP contribution in [0, 0.1) is 11.8 Å². The van der Waals surface area contributed by atoms with E-state index in [2.05, 4.69) is 20.0 Å². The number of nitrogens with zero attached hydrogens (tertiary/aromatic N) is 5. The second-order valence-corrected chi connectivity index (χ2v) is 7.53. The molecule has 3 aromatic rings. The minimum Gasteiger partial charge on any atom is -0.369 e.